The summed E-state index contributed by atoms with van der Waals surface area (Å²) in [5.74, 6) is 0.517. The zero-order valence-electron chi connectivity index (χ0n) is 10.1. The van der Waals surface area contributed by atoms with Gasteiger partial charge < -0.3 is 20.7 Å². The van der Waals surface area contributed by atoms with Crippen LogP contribution in [0.4, 0.5) is 5.82 Å². The van der Waals surface area contributed by atoms with Crippen LogP contribution in [0.25, 0.3) is 0 Å². The first-order valence-corrected chi connectivity index (χ1v) is 5.71. The number of hydrogen-bond donors (Lipinski definition) is 3. The van der Waals surface area contributed by atoms with Crippen molar-refractivity contribution in [2.75, 3.05) is 12.3 Å². The second-order valence-electron chi connectivity index (χ2n) is 4.51. The minimum absolute atomic E-state index is 0.169. The molecule has 4 N–H and O–H groups in total. The number of aromatic nitrogens is 1. The molecule has 0 saturated carbocycles. The fourth-order valence-electron chi connectivity index (χ4n) is 2.16. The first kappa shape index (κ1) is 12.3. The molecule has 0 aromatic carbocycles. The van der Waals surface area contributed by atoms with Crippen molar-refractivity contribution in [3.63, 3.8) is 0 Å². The van der Waals surface area contributed by atoms with Crippen molar-refractivity contribution in [2.45, 2.75) is 38.6 Å². The van der Waals surface area contributed by atoms with Crippen molar-refractivity contribution in [1.82, 2.24) is 4.98 Å². The molecule has 0 spiro atoms. The van der Waals surface area contributed by atoms with Gasteiger partial charge in [0.2, 0.25) is 0 Å². The predicted octanol–water partition coefficient (Wildman–Crippen LogP) is 0.464. The summed E-state index contributed by atoms with van der Waals surface area (Å²) in [6.07, 6.45) is -0.856. The molecule has 0 amide bonds. The summed E-state index contributed by atoms with van der Waals surface area (Å²) in [7, 11) is 0. The van der Waals surface area contributed by atoms with Crippen LogP contribution in [0.5, 0.6) is 0 Å². The molecule has 1 aliphatic heterocycles. The van der Waals surface area contributed by atoms with Gasteiger partial charge in [0.15, 0.2) is 0 Å². The first-order valence-electron chi connectivity index (χ1n) is 5.71. The van der Waals surface area contributed by atoms with Crippen LogP contribution in [-0.2, 0) is 4.74 Å². The standard InChI is InChI=1S/C12H18N2O3/c1-6-3-8(7(2)14-12(6)13)10-4-9(16)11(5-15)17-10/h3,9-11,15-16H,4-5H2,1-2H3,(H2,13,14)/t9-,10+,11+/m0/s1. The lowest BCUT2D eigenvalue weighted by molar-refractivity contribution is -0.0227. The third-order valence-corrected chi connectivity index (χ3v) is 3.23. The maximum Gasteiger partial charge on any atom is 0.126 e. The van der Waals surface area contributed by atoms with Crippen LogP contribution in [0.3, 0.4) is 0 Å². The van der Waals surface area contributed by atoms with E-state index in [0.717, 1.165) is 16.8 Å². The SMILES string of the molecule is Cc1cc([C@H]2C[C@H](O)[C@@H](CO)O2)c(C)nc1N. The van der Waals surface area contributed by atoms with Crippen LogP contribution in [0.1, 0.15) is 29.3 Å². The highest BCUT2D eigenvalue weighted by atomic mass is 16.5. The Labute approximate surface area is 100 Å². The summed E-state index contributed by atoms with van der Waals surface area (Å²) < 4.78 is 5.60. The Hall–Kier alpha value is -1.17. The number of nitrogen functional groups attached to an aromatic ring is 1. The molecule has 1 aromatic heterocycles. The first-order chi connectivity index (χ1) is 8.02. The molecule has 0 unspecified atom stereocenters. The molecule has 94 valence electrons. The van der Waals surface area contributed by atoms with Crippen LogP contribution in [0.2, 0.25) is 0 Å². The highest BCUT2D eigenvalue weighted by Crippen LogP contribution is 2.34. The van der Waals surface area contributed by atoms with Crippen molar-refractivity contribution in [3.8, 4) is 0 Å². The summed E-state index contributed by atoms with van der Waals surface area (Å²) in [6.45, 7) is 3.59. The fourth-order valence-corrected chi connectivity index (χ4v) is 2.16. The van der Waals surface area contributed by atoms with Crippen LogP contribution in [0.15, 0.2) is 6.07 Å². The molecule has 0 bridgehead atoms. The number of aryl methyl sites for hydroxylation is 2. The molecule has 1 aliphatic rings. The van der Waals surface area contributed by atoms with Crippen LogP contribution >= 0.6 is 0 Å². The van der Waals surface area contributed by atoms with Crippen molar-refractivity contribution in [1.29, 1.82) is 0 Å². The molecule has 0 aliphatic carbocycles. The number of ether oxygens (including phenoxy) is 1. The normalized spacial score (nSPS) is 28.6. The predicted molar refractivity (Wildman–Crippen MR) is 63.4 cm³/mol. The molecule has 17 heavy (non-hydrogen) atoms. The van der Waals surface area contributed by atoms with Gasteiger partial charge in [-0.05, 0) is 25.5 Å². The van der Waals surface area contributed by atoms with Crippen molar-refractivity contribution >= 4 is 5.82 Å². The lowest BCUT2D eigenvalue weighted by Gasteiger charge is -2.15. The van der Waals surface area contributed by atoms with E-state index < -0.39 is 12.2 Å². The molecule has 1 aromatic rings. The largest absolute Gasteiger partial charge is 0.394 e. The highest BCUT2D eigenvalue weighted by Gasteiger charge is 2.35. The number of aliphatic hydroxyl groups is 2. The number of rotatable bonds is 2. The maximum atomic E-state index is 9.71. The molecule has 3 atom stereocenters. The quantitative estimate of drug-likeness (QED) is 0.696. The van der Waals surface area contributed by atoms with Gasteiger partial charge in [0, 0.05) is 17.7 Å². The van der Waals surface area contributed by atoms with Gasteiger partial charge in [0.25, 0.3) is 0 Å². The monoisotopic (exact) mass is 238 g/mol. The summed E-state index contributed by atoms with van der Waals surface area (Å²) in [5, 5.41) is 18.8. The number of nitrogens with zero attached hydrogens (tertiary/aromatic N) is 1. The zero-order chi connectivity index (χ0) is 12.6. The zero-order valence-corrected chi connectivity index (χ0v) is 10.1. The second-order valence-corrected chi connectivity index (χ2v) is 4.51. The van der Waals surface area contributed by atoms with Gasteiger partial charge in [0.05, 0.1) is 18.8 Å². The Morgan fingerprint density at radius 3 is 2.82 bits per heavy atom. The molecule has 1 saturated heterocycles. The van der Waals surface area contributed by atoms with E-state index in [1.54, 1.807) is 0 Å². The van der Waals surface area contributed by atoms with Crippen molar-refractivity contribution in [2.24, 2.45) is 0 Å². The Kier molecular flexibility index (Phi) is 3.33. The summed E-state index contributed by atoms with van der Waals surface area (Å²) in [5.41, 5.74) is 8.37. The van der Waals surface area contributed by atoms with E-state index in [9.17, 15) is 5.11 Å². The van der Waals surface area contributed by atoms with Crippen LogP contribution in [-0.4, -0.2) is 34.0 Å². The van der Waals surface area contributed by atoms with Gasteiger partial charge in [-0.2, -0.15) is 0 Å². The molecular weight excluding hydrogens is 220 g/mol. The van der Waals surface area contributed by atoms with E-state index in [-0.39, 0.29) is 12.7 Å². The molecular formula is C12H18N2O3. The van der Waals surface area contributed by atoms with Crippen LogP contribution < -0.4 is 5.73 Å². The van der Waals surface area contributed by atoms with Crippen molar-refractivity contribution < 1.29 is 14.9 Å². The van der Waals surface area contributed by atoms with Crippen molar-refractivity contribution in [3.05, 3.63) is 22.9 Å². The fraction of sp³-hybridized carbons (Fsp3) is 0.583. The third kappa shape index (κ3) is 2.26. The molecule has 2 rings (SSSR count). The molecule has 2 heterocycles. The molecule has 0 radical (unpaired) electrons. The Morgan fingerprint density at radius 2 is 2.24 bits per heavy atom. The van der Waals surface area contributed by atoms with Gasteiger partial charge in [0.1, 0.15) is 11.9 Å². The summed E-state index contributed by atoms with van der Waals surface area (Å²) >= 11 is 0. The Morgan fingerprint density at radius 1 is 1.53 bits per heavy atom. The van der Waals surface area contributed by atoms with Gasteiger partial charge >= 0.3 is 0 Å². The third-order valence-electron chi connectivity index (χ3n) is 3.23. The molecule has 5 heteroatoms. The van der Waals surface area contributed by atoms with E-state index in [1.165, 1.54) is 0 Å². The van der Waals surface area contributed by atoms with Crippen LogP contribution in [0, 0.1) is 13.8 Å². The maximum absolute atomic E-state index is 9.71. The van der Waals surface area contributed by atoms with E-state index in [2.05, 4.69) is 4.98 Å². The lowest BCUT2D eigenvalue weighted by Crippen LogP contribution is -2.24. The Bertz CT molecular complexity index is 422. The van der Waals surface area contributed by atoms with E-state index in [4.69, 9.17) is 15.6 Å². The van der Waals surface area contributed by atoms with Gasteiger partial charge in [-0.1, -0.05) is 0 Å². The van der Waals surface area contributed by atoms with E-state index in [0.29, 0.717) is 12.2 Å². The van der Waals surface area contributed by atoms with E-state index >= 15 is 0 Å². The second kappa shape index (κ2) is 4.60. The highest BCUT2D eigenvalue weighted by molar-refractivity contribution is 5.43. The number of nitrogens with two attached hydrogens (primary N) is 1. The lowest BCUT2D eigenvalue weighted by atomic mass is 10.0. The minimum atomic E-state index is -0.623. The van der Waals surface area contributed by atoms with Gasteiger partial charge in [-0.25, -0.2) is 4.98 Å². The number of aliphatic hydroxyl groups excluding tert-OH is 2. The average Bonchev–Trinajstić information content (AvgIpc) is 2.65. The number of pyridine rings is 1. The van der Waals surface area contributed by atoms with E-state index in [1.807, 2.05) is 19.9 Å². The molecule has 1 fully saturated rings. The smallest absolute Gasteiger partial charge is 0.126 e. The van der Waals surface area contributed by atoms with Gasteiger partial charge in [-0.15, -0.1) is 0 Å². The Balaban J connectivity index is 2.27. The number of hydrogen-bond acceptors (Lipinski definition) is 5. The number of anilines is 1. The summed E-state index contributed by atoms with van der Waals surface area (Å²) in [6, 6.07) is 1.94. The summed E-state index contributed by atoms with van der Waals surface area (Å²) in [4.78, 5) is 4.25. The van der Waals surface area contributed by atoms with Gasteiger partial charge in [-0.3, -0.25) is 0 Å². The minimum Gasteiger partial charge on any atom is -0.394 e. The molecule has 5 nitrogen and oxygen atoms in total. The topological polar surface area (TPSA) is 88.6 Å². The average molecular weight is 238 g/mol.